The van der Waals surface area contributed by atoms with Gasteiger partial charge in [0.1, 0.15) is 0 Å². The molecule has 0 saturated carbocycles. The van der Waals surface area contributed by atoms with Crippen molar-refractivity contribution in [3.8, 4) is 0 Å². The van der Waals surface area contributed by atoms with Crippen molar-refractivity contribution in [1.82, 2.24) is 10.2 Å². The van der Waals surface area contributed by atoms with E-state index in [0.717, 1.165) is 48.9 Å². The Morgan fingerprint density at radius 1 is 1.29 bits per heavy atom. The summed E-state index contributed by atoms with van der Waals surface area (Å²) >= 11 is 0. The van der Waals surface area contributed by atoms with Gasteiger partial charge in [-0.05, 0) is 25.7 Å². The molecule has 0 spiro atoms. The van der Waals surface area contributed by atoms with Crippen LogP contribution in [-0.4, -0.2) is 28.4 Å². The maximum Gasteiger partial charge on any atom is 0.156 e. The summed E-state index contributed by atoms with van der Waals surface area (Å²) in [5.74, 6) is 0.890. The molecule has 3 rings (SSSR count). The minimum absolute atomic E-state index is 0.0218. The molecule has 4 heteroatoms. The molecule has 1 aromatic heterocycles. The molecule has 1 aliphatic rings. The van der Waals surface area contributed by atoms with Crippen LogP contribution in [0.4, 0.5) is 5.82 Å². The van der Waals surface area contributed by atoms with Crippen molar-refractivity contribution >= 4 is 16.6 Å². The molecule has 1 atom stereocenters. The second-order valence-electron chi connectivity index (χ2n) is 5.85. The van der Waals surface area contributed by atoms with E-state index in [9.17, 15) is 0 Å². The quantitative estimate of drug-likeness (QED) is 0.928. The Morgan fingerprint density at radius 2 is 2.10 bits per heavy atom. The lowest BCUT2D eigenvalue weighted by Crippen LogP contribution is -2.43. The predicted octanol–water partition coefficient (Wildman–Crippen LogP) is 3.78. The Morgan fingerprint density at radius 3 is 2.90 bits per heavy atom. The molecular weight excluding hydrogens is 262 g/mol. The molecule has 0 bridgehead atoms. The summed E-state index contributed by atoms with van der Waals surface area (Å²) in [6.45, 7) is 5.24. The molecule has 1 saturated heterocycles. The van der Waals surface area contributed by atoms with Crippen LogP contribution in [0.25, 0.3) is 10.8 Å². The minimum atomic E-state index is 0.0218. The molecule has 0 aliphatic carbocycles. The molecule has 21 heavy (non-hydrogen) atoms. The molecule has 112 valence electrons. The zero-order valence-corrected chi connectivity index (χ0v) is 12.8. The van der Waals surface area contributed by atoms with Crippen molar-refractivity contribution in [3.63, 3.8) is 0 Å². The highest BCUT2D eigenvalue weighted by molar-refractivity contribution is 5.90. The van der Waals surface area contributed by atoms with Crippen molar-refractivity contribution < 1.29 is 4.74 Å². The van der Waals surface area contributed by atoms with Crippen LogP contribution in [0, 0.1) is 0 Å². The lowest BCUT2D eigenvalue weighted by Gasteiger charge is -2.40. The van der Waals surface area contributed by atoms with E-state index < -0.39 is 0 Å². The number of fused-ring (bicyclic) bond motifs is 1. The lowest BCUT2D eigenvalue weighted by atomic mass is 9.86. The molecule has 0 amide bonds. The third-order valence-corrected chi connectivity index (χ3v) is 4.69. The normalized spacial score (nSPS) is 21.3. The van der Waals surface area contributed by atoms with E-state index in [1.807, 2.05) is 18.3 Å². The van der Waals surface area contributed by atoms with Crippen LogP contribution < -0.4 is 5.32 Å². The van der Waals surface area contributed by atoms with Crippen molar-refractivity contribution in [2.75, 3.05) is 11.9 Å². The zero-order chi connectivity index (χ0) is 14.7. The summed E-state index contributed by atoms with van der Waals surface area (Å²) in [7, 11) is 0. The summed E-state index contributed by atoms with van der Waals surface area (Å²) in [5, 5.41) is 14.3. The van der Waals surface area contributed by atoms with Gasteiger partial charge < -0.3 is 10.1 Å². The van der Waals surface area contributed by atoms with Gasteiger partial charge in [-0.3, -0.25) is 0 Å². The average molecular weight is 285 g/mol. The number of benzene rings is 1. The molecule has 1 N–H and O–H groups in total. The Labute approximate surface area is 125 Å². The van der Waals surface area contributed by atoms with Crippen LogP contribution in [0.1, 0.15) is 39.5 Å². The maximum absolute atomic E-state index is 6.04. The van der Waals surface area contributed by atoms with Crippen LogP contribution in [0.5, 0.6) is 0 Å². The molecule has 2 aromatic rings. The van der Waals surface area contributed by atoms with Crippen LogP contribution in [0.15, 0.2) is 30.5 Å². The Balaban J connectivity index is 1.82. The number of hydrogen-bond donors (Lipinski definition) is 1. The number of ether oxygens (including phenoxy) is 1. The van der Waals surface area contributed by atoms with E-state index >= 15 is 0 Å². The first kappa shape index (κ1) is 14.3. The summed E-state index contributed by atoms with van der Waals surface area (Å²) in [4.78, 5) is 0. The van der Waals surface area contributed by atoms with Crippen LogP contribution in [-0.2, 0) is 4.74 Å². The second kappa shape index (κ2) is 5.98. The Bertz CT molecular complexity index is 605. The highest BCUT2D eigenvalue weighted by Crippen LogP contribution is 2.33. The van der Waals surface area contributed by atoms with Gasteiger partial charge in [0, 0.05) is 23.4 Å². The Kier molecular flexibility index (Phi) is 4.06. The maximum atomic E-state index is 6.04. The van der Waals surface area contributed by atoms with E-state index in [2.05, 4.69) is 41.5 Å². The fourth-order valence-corrected chi connectivity index (χ4v) is 3.22. The molecule has 1 unspecified atom stereocenters. The van der Waals surface area contributed by atoms with Gasteiger partial charge in [0.15, 0.2) is 5.82 Å². The van der Waals surface area contributed by atoms with E-state index in [-0.39, 0.29) is 5.60 Å². The van der Waals surface area contributed by atoms with E-state index in [1.54, 1.807) is 0 Å². The van der Waals surface area contributed by atoms with Crippen molar-refractivity contribution in [2.45, 2.75) is 51.2 Å². The molecule has 1 aromatic carbocycles. The summed E-state index contributed by atoms with van der Waals surface area (Å²) in [6.07, 6.45) is 5.98. The molecule has 4 nitrogen and oxygen atoms in total. The first-order valence-corrected chi connectivity index (χ1v) is 7.87. The van der Waals surface area contributed by atoms with Crippen molar-refractivity contribution in [3.05, 3.63) is 30.5 Å². The van der Waals surface area contributed by atoms with Gasteiger partial charge in [-0.2, -0.15) is 5.10 Å². The number of aromatic nitrogens is 2. The predicted molar refractivity (Wildman–Crippen MR) is 85.4 cm³/mol. The van der Waals surface area contributed by atoms with Gasteiger partial charge in [0.25, 0.3) is 0 Å². The molecule has 1 aliphatic heterocycles. The molecule has 0 radical (unpaired) electrons. The number of rotatable bonds is 4. The van der Waals surface area contributed by atoms with Crippen molar-refractivity contribution in [1.29, 1.82) is 0 Å². The topological polar surface area (TPSA) is 47.0 Å². The van der Waals surface area contributed by atoms with Gasteiger partial charge >= 0.3 is 0 Å². The first-order valence-electron chi connectivity index (χ1n) is 7.87. The van der Waals surface area contributed by atoms with E-state index in [1.165, 1.54) is 0 Å². The van der Waals surface area contributed by atoms with Gasteiger partial charge in [-0.1, -0.05) is 38.1 Å². The smallest absolute Gasteiger partial charge is 0.156 e. The summed E-state index contributed by atoms with van der Waals surface area (Å²) in [5.41, 5.74) is 0.0218. The standard InChI is InChI=1S/C17H23N3O/c1-3-17(4-2)11-14(9-10-21-17)19-16-15-8-6-5-7-13(15)12-18-20-16/h5-8,12,14H,3-4,9-11H2,1-2H3,(H,19,20). The molecule has 2 heterocycles. The first-order chi connectivity index (χ1) is 10.3. The number of anilines is 1. The van der Waals surface area contributed by atoms with Gasteiger partial charge in [-0.25, -0.2) is 0 Å². The van der Waals surface area contributed by atoms with Crippen LogP contribution in [0.3, 0.4) is 0 Å². The molecular formula is C17H23N3O. The van der Waals surface area contributed by atoms with E-state index in [0.29, 0.717) is 6.04 Å². The largest absolute Gasteiger partial charge is 0.375 e. The fourth-order valence-electron chi connectivity index (χ4n) is 3.22. The highest BCUT2D eigenvalue weighted by atomic mass is 16.5. The third kappa shape index (κ3) is 2.86. The van der Waals surface area contributed by atoms with Crippen LogP contribution in [0.2, 0.25) is 0 Å². The highest BCUT2D eigenvalue weighted by Gasteiger charge is 2.34. The number of nitrogens with zero attached hydrogens (tertiary/aromatic N) is 2. The second-order valence-corrected chi connectivity index (χ2v) is 5.85. The number of nitrogens with one attached hydrogen (secondary N) is 1. The minimum Gasteiger partial charge on any atom is -0.375 e. The fraction of sp³-hybridized carbons (Fsp3) is 0.529. The van der Waals surface area contributed by atoms with Gasteiger partial charge in [0.2, 0.25) is 0 Å². The summed E-state index contributed by atoms with van der Waals surface area (Å²) < 4.78 is 6.04. The van der Waals surface area contributed by atoms with E-state index in [4.69, 9.17) is 4.74 Å². The zero-order valence-electron chi connectivity index (χ0n) is 12.8. The third-order valence-electron chi connectivity index (χ3n) is 4.69. The molecule has 1 fully saturated rings. The monoisotopic (exact) mass is 285 g/mol. The van der Waals surface area contributed by atoms with Gasteiger partial charge in [0.05, 0.1) is 11.8 Å². The average Bonchev–Trinajstić information content (AvgIpc) is 2.55. The summed E-state index contributed by atoms with van der Waals surface area (Å²) in [6, 6.07) is 8.64. The number of hydrogen-bond acceptors (Lipinski definition) is 4. The SMILES string of the molecule is CCC1(CC)CC(Nc2nncc3ccccc23)CCO1. The van der Waals surface area contributed by atoms with Crippen LogP contribution >= 0.6 is 0 Å². The Hall–Kier alpha value is -1.68. The lowest BCUT2D eigenvalue weighted by molar-refractivity contribution is -0.0864. The van der Waals surface area contributed by atoms with Gasteiger partial charge in [-0.15, -0.1) is 5.10 Å². The van der Waals surface area contributed by atoms with Crippen molar-refractivity contribution in [2.24, 2.45) is 0 Å².